The Labute approximate surface area is 121 Å². The molecule has 0 spiro atoms. The summed E-state index contributed by atoms with van der Waals surface area (Å²) in [6.07, 6.45) is 1.45. The number of aliphatic carboxylic acids is 1. The Morgan fingerprint density at radius 2 is 1.80 bits per heavy atom. The number of rotatable bonds is 5. The molecule has 1 fully saturated rings. The Balaban J connectivity index is 2.03. The van der Waals surface area contributed by atoms with Crippen LogP contribution < -0.4 is 0 Å². The molecule has 1 aliphatic heterocycles. The number of likely N-dealkylation sites (N-methyl/N-ethyl adjacent to an activating group) is 1. The van der Waals surface area contributed by atoms with Crippen LogP contribution in [0.3, 0.4) is 0 Å². The molecular weight excluding hydrogens is 252 g/mol. The van der Waals surface area contributed by atoms with Gasteiger partial charge in [-0.2, -0.15) is 0 Å². The van der Waals surface area contributed by atoms with Gasteiger partial charge in [-0.15, -0.1) is 0 Å². The smallest absolute Gasteiger partial charge is 0.323 e. The summed E-state index contributed by atoms with van der Waals surface area (Å²) in [4.78, 5) is 16.1. The van der Waals surface area contributed by atoms with Crippen LogP contribution in [0.2, 0.25) is 0 Å². The fraction of sp³-hybridized carbons (Fsp3) is 0.562. The average molecular weight is 276 g/mol. The van der Waals surface area contributed by atoms with Gasteiger partial charge in [-0.25, -0.2) is 0 Å². The zero-order chi connectivity index (χ0) is 14.6. The summed E-state index contributed by atoms with van der Waals surface area (Å²) in [7, 11) is 2.08. The molecule has 0 bridgehead atoms. The lowest BCUT2D eigenvalue weighted by Gasteiger charge is -2.42. The highest BCUT2D eigenvalue weighted by Crippen LogP contribution is 2.24. The molecule has 20 heavy (non-hydrogen) atoms. The van der Waals surface area contributed by atoms with Gasteiger partial charge in [-0.05, 0) is 32.4 Å². The van der Waals surface area contributed by atoms with Gasteiger partial charge in [-0.1, -0.05) is 30.3 Å². The molecule has 1 unspecified atom stereocenters. The Bertz CT molecular complexity index is 441. The molecule has 1 saturated heterocycles. The van der Waals surface area contributed by atoms with E-state index in [1.165, 1.54) is 5.56 Å². The van der Waals surface area contributed by atoms with Crippen LogP contribution in [0.5, 0.6) is 0 Å². The SMILES string of the molecule is CN1CCN(C(C)(CCc2ccccc2)C(=O)O)CC1. The van der Waals surface area contributed by atoms with Gasteiger partial charge in [0.25, 0.3) is 0 Å². The highest BCUT2D eigenvalue weighted by molar-refractivity contribution is 5.78. The first-order chi connectivity index (χ1) is 9.52. The van der Waals surface area contributed by atoms with E-state index < -0.39 is 11.5 Å². The molecule has 110 valence electrons. The molecule has 4 heteroatoms. The lowest BCUT2D eigenvalue weighted by molar-refractivity contribution is -0.152. The Hall–Kier alpha value is -1.39. The summed E-state index contributed by atoms with van der Waals surface area (Å²) in [6.45, 7) is 5.40. The van der Waals surface area contributed by atoms with E-state index in [1.54, 1.807) is 0 Å². The van der Waals surface area contributed by atoms with Gasteiger partial charge >= 0.3 is 5.97 Å². The van der Waals surface area contributed by atoms with Crippen LogP contribution in [0.4, 0.5) is 0 Å². The lowest BCUT2D eigenvalue weighted by atomic mass is 9.90. The highest BCUT2D eigenvalue weighted by atomic mass is 16.4. The molecule has 1 heterocycles. The second-order valence-electron chi connectivity index (χ2n) is 5.85. The van der Waals surface area contributed by atoms with E-state index in [0.29, 0.717) is 6.42 Å². The summed E-state index contributed by atoms with van der Waals surface area (Å²) >= 11 is 0. The van der Waals surface area contributed by atoms with Gasteiger partial charge in [0.15, 0.2) is 0 Å². The van der Waals surface area contributed by atoms with Crippen molar-refractivity contribution in [2.75, 3.05) is 33.2 Å². The maximum absolute atomic E-state index is 11.8. The minimum absolute atomic E-state index is 0.649. The van der Waals surface area contributed by atoms with Crippen molar-refractivity contribution in [1.82, 2.24) is 9.80 Å². The number of hydrogen-bond acceptors (Lipinski definition) is 3. The molecule has 1 aromatic rings. The van der Waals surface area contributed by atoms with Crippen molar-refractivity contribution in [2.24, 2.45) is 0 Å². The number of hydrogen-bond donors (Lipinski definition) is 1. The minimum atomic E-state index is -0.767. The van der Waals surface area contributed by atoms with Crippen LogP contribution >= 0.6 is 0 Å². The molecule has 0 saturated carbocycles. The zero-order valence-corrected chi connectivity index (χ0v) is 12.4. The molecule has 1 atom stereocenters. The highest BCUT2D eigenvalue weighted by Gasteiger charge is 2.40. The van der Waals surface area contributed by atoms with Gasteiger partial charge in [0.2, 0.25) is 0 Å². The Kier molecular flexibility index (Phi) is 4.78. The van der Waals surface area contributed by atoms with Crippen LogP contribution in [0, 0.1) is 0 Å². The molecule has 1 aliphatic rings. The molecule has 0 aromatic heterocycles. The summed E-state index contributed by atoms with van der Waals surface area (Å²) < 4.78 is 0. The van der Waals surface area contributed by atoms with Gasteiger partial charge in [0.1, 0.15) is 5.54 Å². The zero-order valence-electron chi connectivity index (χ0n) is 12.4. The van der Waals surface area contributed by atoms with Crippen LogP contribution in [-0.4, -0.2) is 59.6 Å². The Morgan fingerprint density at radius 1 is 1.20 bits per heavy atom. The van der Waals surface area contributed by atoms with Gasteiger partial charge in [-0.3, -0.25) is 9.69 Å². The molecule has 0 amide bonds. The molecule has 1 aromatic carbocycles. The third-order valence-electron chi connectivity index (χ3n) is 4.41. The number of aryl methyl sites for hydroxylation is 1. The van der Waals surface area contributed by atoms with Gasteiger partial charge in [0.05, 0.1) is 0 Å². The van der Waals surface area contributed by atoms with Crippen molar-refractivity contribution >= 4 is 5.97 Å². The summed E-state index contributed by atoms with van der Waals surface area (Å²) in [5, 5.41) is 9.67. The number of benzene rings is 1. The second kappa shape index (κ2) is 6.37. The summed E-state index contributed by atoms with van der Waals surface area (Å²) in [5.41, 5.74) is 0.436. The van der Waals surface area contributed by atoms with Crippen molar-refractivity contribution in [2.45, 2.75) is 25.3 Å². The van der Waals surface area contributed by atoms with E-state index in [1.807, 2.05) is 25.1 Å². The van der Waals surface area contributed by atoms with Crippen molar-refractivity contribution in [3.05, 3.63) is 35.9 Å². The third-order valence-corrected chi connectivity index (χ3v) is 4.41. The van der Waals surface area contributed by atoms with Crippen LogP contribution in [-0.2, 0) is 11.2 Å². The minimum Gasteiger partial charge on any atom is -0.480 e. The van der Waals surface area contributed by atoms with Crippen molar-refractivity contribution in [3.8, 4) is 0 Å². The van der Waals surface area contributed by atoms with Crippen LogP contribution in [0.1, 0.15) is 18.9 Å². The van der Waals surface area contributed by atoms with Crippen LogP contribution in [0.15, 0.2) is 30.3 Å². The first-order valence-corrected chi connectivity index (χ1v) is 7.23. The van der Waals surface area contributed by atoms with Gasteiger partial charge < -0.3 is 10.0 Å². The van der Waals surface area contributed by atoms with Crippen molar-refractivity contribution in [3.63, 3.8) is 0 Å². The van der Waals surface area contributed by atoms with Crippen molar-refractivity contribution in [1.29, 1.82) is 0 Å². The normalized spacial score (nSPS) is 20.5. The molecular formula is C16H24N2O2. The van der Waals surface area contributed by atoms with Crippen LogP contribution in [0.25, 0.3) is 0 Å². The maximum Gasteiger partial charge on any atom is 0.323 e. The maximum atomic E-state index is 11.8. The third kappa shape index (κ3) is 3.38. The van der Waals surface area contributed by atoms with E-state index in [4.69, 9.17) is 0 Å². The van der Waals surface area contributed by atoms with Gasteiger partial charge in [0, 0.05) is 26.2 Å². The van der Waals surface area contributed by atoms with E-state index in [2.05, 4.69) is 29.0 Å². The molecule has 1 N–H and O–H groups in total. The first kappa shape index (κ1) is 15.0. The number of carbonyl (C=O) groups is 1. The summed E-state index contributed by atoms with van der Waals surface area (Å²) in [5.74, 6) is -0.710. The fourth-order valence-electron chi connectivity index (χ4n) is 2.73. The number of carboxylic acid groups (broad SMARTS) is 1. The largest absolute Gasteiger partial charge is 0.480 e. The quantitative estimate of drug-likeness (QED) is 0.889. The first-order valence-electron chi connectivity index (χ1n) is 7.23. The predicted octanol–water partition coefficient (Wildman–Crippen LogP) is 1.71. The topological polar surface area (TPSA) is 43.8 Å². The summed E-state index contributed by atoms with van der Waals surface area (Å²) in [6, 6.07) is 10.1. The molecule has 0 radical (unpaired) electrons. The number of carboxylic acids is 1. The number of nitrogens with zero attached hydrogens (tertiary/aromatic N) is 2. The monoisotopic (exact) mass is 276 g/mol. The Morgan fingerprint density at radius 3 is 2.35 bits per heavy atom. The van der Waals surface area contributed by atoms with E-state index >= 15 is 0 Å². The van der Waals surface area contributed by atoms with Crippen molar-refractivity contribution < 1.29 is 9.90 Å². The number of piperazine rings is 1. The average Bonchev–Trinajstić information content (AvgIpc) is 2.46. The molecule has 2 rings (SSSR count). The fourth-order valence-corrected chi connectivity index (χ4v) is 2.73. The molecule has 4 nitrogen and oxygen atoms in total. The lowest BCUT2D eigenvalue weighted by Crippen LogP contribution is -2.59. The van der Waals surface area contributed by atoms with E-state index in [0.717, 1.165) is 32.6 Å². The predicted molar refractivity (Wildman–Crippen MR) is 79.9 cm³/mol. The van der Waals surface area contributed by atoms with E-state index in [-0.39, 0.29) is 0 Å². The molecule has 0 aliphatic carbocycles. The second-order valence-corrected chi connectivity index (χ2v) is 5.85. The standard InChI is InChI=1S/C16H24N2O2/c1-16(15(19)20,18-12-10-17(2)11-13-18)9-8-14-6-4-3-5-7-14/h3-7H,8-13H2,1-2H3,(H,19,20). The van der Waals surface area contributed by atoms with E-state index in [9.17, 15) is 9.90 Å².